The number of aryl methyl sites for hydroxylation is 1. The molecule has 0 spiro atoms. The van der Waals surface area contributed by atoms with E-state index >= 15 is 0 Å². The molecule has 4 nitrogen and oxygen atoms in total. The van der Waals surface area contributed by atoms with Crippen LogP contribution in [0.3, 0.4) is 0 Å². The summed E-state index contributed by atoms with van der Waals surface area (Å²) in [5.41, 5.74) is 3.80. The molecule has 0 aliphatic heterocycles. The second-order valence-corrected chi connectivity index (χ2v) is 6.64. The van der Waals surface area contributed by atoms with Gasteiger partial charge in [0.05, 0.1) is 18.3 Å². The maximum absolute atomic E-state index is 12.1. The Labute approximate surface area is 155 Å². The van der Waals surface area contributed by atoms with E-state index in [1.807, 2.05) is 67.6 Å². The summed E-state index contributed by atoms with van der Waals surface area (Å²) in [6, 6.07) is 19.4. The summed E-state index contributed by atoms with van der Waals surface area (Å²) in [5, 5.41) is 6.14. The highest BCUT2D eigenvalue weighted by molar-refractivity contribution is 9.10. The molecule has 0 saturated carbocycles. The Kier molecular flexibility index (Phi) is 5.46. The number of aromatic nitrogens is 1. The zero-order chi connectivity index (χ0) is 17.6. The summed E-state index contributed by atoms with van der Waals surface area (Å²) >= 11 is 3.41. The van der Waals surface area contributed by atoms with E-state index in [0.717, 1.165) is 27.1 Å². The molecule has 3 aromatic rings. The number of hydrogen-bond acceptors (Lipinski definition) is 3. The van der Waals surface area contributed by atoms with Crippen LogP contribution < -0.4 is 10.6 Å². The van der Waals surface area contributed by atoms with Crippen LogP contribution >= 0.6 is 15.9 Å². The fourth-order valence-corrected chi connectivity index (χ4v) is 2.88. The van der Waals surface area contributed by atoms with Crippen LogP contribution in [0.5, 0.6) is 0 Å². The quantitative estimate of drug-likeness (QED) is 0.633. The number of carbonyl (C=O) groups is 1. The van der Waals surface area contributed by atoms with E-state index in [2.05, 4.69) is 31.5 Å². The van der Waals surface area contributed by atoms with Crippen molar-refractivity contribution in [3.63, 3.8) is 0 Å². The highest BCUT2D eigenvalue weighted by Crippen LogP contribution is 2.19. The molecule has 0 saturated heterocycles. The lowest BCUT2D eigenvalue weighted by Crippen LogP contribution is -2.14. The smallest absolute Gasteiger partial charge is 0.228 e. The predicted octanol–water partition coefficient (Wildman–Crippen LogP) is 5.08. The molecule has 0 radical (unpaired) electrons. The first-order valence-corrected chi connectivity index (χ1v) is 8.72. The van der Waals surface area contributed by atoms with Gasteiger partial charge in [-0.1, -0.05) is 46.3 Å². The fourth-order valence-electron chi connectivity index (χ4n) is 2.43. The van der Waals surface area contributed by atoms with Gasteiger partial charge in [-0.05, 0) is 48.4 Å². The van der Waals surface area contributed by atoms with Gasteiger partial charge < -0.3 is 10.6 Å². The molecule has 2 aromatic carbocycles. The van der Waals surface area contributed by atoms with E-state index in [0.29, 0.717) is 12.1 Å². The van der Waals surface area contributed by atoms with E-state index in [4.69, 9.17) is 0 Å². The van der Waals surface area contributed by atoms with Crippen LogP contribution in [0, 0.1) is 6.92 Å². The number of para-hydroxylation sites is 1. The number of pyridine rings is 1. The summed E-state index contributed by atoms with van der Waals surface area (Å²) in [4.78, 5) is 16.5. The number of nitrogens with one attached hydrogen (secondary N) is 2. The molecular weight excluding hydrogens is 378 g/mol. The van der Waals surface area contributed by atoms with Gasteiger partial charge in [0.2, 0.25) is 5.91 Å². The monoisotopic (exact) mass is 395 g/mol. The van der Waals surface area contributed by atoms with Gasteiger partial charge >= 0.3 is 0 Å². The molecular formula is C20H18BrN3O. The van der Waals surface area contributed by atoms with Crippen molar-refractivity contribution in [1.82, 2.24) is 4.98 Å². The van der Waals surface area contributed by atoms with E-state index in [9.17, 15) is 4.79 Å². The molecule has 0 fully saturated rings. The Balaban J connectivity index is 1.60. The Morgan fingerprint density at radius 3 is 2.64 bits per heavy atom. The number of anilines is 3. The Morgan fingerprint density at radius 2 is 1.92 bits per heavy atom. The summed E-state index contributed by atoms with van der Waals surface area (Å²) in [6.45, 7) is 2.04. The van der Waals surface area contributed by atoms with Crippen molar-refractivity contribution in [2.45, 2.75) is 13.3 Å². The van der Waals surface area contributed by atoms with Crippen molar-refractivity contribution < 1.29 is 4.79 Å². The molecule has 0 unspecified atom stereocenters. The molecule has 1 heterocycles. The van der Waals surface area contributed by atoms with Crippen LogP contribution in [0.2, 0.25) is 0 Å². The normalized spacial score (nSPS) is 10.3. The minimum atomic E-state index is -0.0699. The molecule has 3 rings (SSSR count). The predicted molar refractivity (Wildman–Crippen MR) is 105 cm³/mol. The zero-order valence-corrected chi connectivity index (χ0v) is 15.4. The van der Waals surface area contributed by atoms with Gasteiger partial charge in [0.25, 0.3) is 0 Å². The van der Waals surface area contributed by atoms with E-state index < -0.39 is 0 Å². The molecule has 126 valence electrons. The average Bonchev–Trinajstić information content (AvgIpc) is 2.58. The van der Waals surface area contributed by atoms with Crippen molar-refractivity contribution >= 4 is 39.0 Å². The largest absolute Gasteiger partial charge is 0.340 e. The number of benzene rings is 2. The topological polar surface area (TPSA) is 54.0 Å². The molecule has 1 aromatic heterocycles. The molecule has 25 heavy (non-hydrogen) atoms. The zero-order valence-electron chi connectivity index (χ0n) is 13.8. The first kappa shape index (κ1) is 17.2. The number of halogens is 1. The van der Waals surface area contributed by atoms with Crippen molar-refractivity contribution in [2.24, 2.45) is 0 Å². The van der Waals surface area contributed by atoms with Crippen LogP contribution in [0.15, 0.2) is 71.3 Å². The second kappa shape index (κ2) is 7.94. The van der Waals surface area contributed by atoms with Gasteiger partial charge in [0.1, 0.15) is 5.82 Å². The van der Waals surface area contributed by atoms with Crippen LogP contribution in [0.4, 0.5) is 17.2 Å². The lowest BCUT2D eigenvalue weighted by Gasteiger charge is -2.10. The highest BCUT2D eigenvalue weighted by Gasteiger charge is 2.05. The number of nitrogens with zero attached hydrogens (tertiary/aromatic N) is 1. The summed E-state index contributed by atoms with van der Waals surface area (Å²) < 4.78 is 0.964. The average molecular weight is 396 g/mol. The third kappa shape index (κ3) is 4.90. The Morgan fingerprint density at radius 1 is 1.08 bits per heavy atom. The third-order valence-corrected chi connectivity index (χ3v) is 4.20. The SMILES string of the molecule is Cc1ccccc1Nc1ccc(NC(=O)Cc2cccc(Br)c2)cn1. The van der Waals surface area contributed by atoms with E-state index in [1.54, 1.807) is 6.20 Å². The van der Waals surface area contributed by atoms with Crippen LogP contribution in [0.25, 0.3) is 0 Å². The molecule has 1 amide bonds. The third-order valence-electron chi connectivity index (χ3n) is 3.71. The van der Waals surface area contributed by atoms with Gasteiger partial charge in [-0.2, -0.15) is 0 Å². The van der Waals surface area contributed by atoms with Crippen molar-refractivity contribution in [2.75, 3.05) is 10.6 Å². The van der Waals surface area contributed by atoms with Crippen LogP contribution in [-0.4, -0.2) is 10.9 Å². The summed E-state index contributed by atoms with van der Waals surface area (Å²) in [5.74, 6) is 0.666. The second-order valence-electron chi connectivity index (χ2n) is 5.73. The highest BCUT2D eigenvalue weighted by atomic mass is 79.9. The molecule has 0 bridgehead atoms. The Hall–Kier alpha value is -2.66. The minimum absolute atomic E-state index is 0.0699. The van der Waals surface area contributed by atoms with Gasteiger partial charge in [-0.15, -0.1) is 0 Å². The summed E-state index contributed by atoms with van der Waals surface area (Å²) in [7, 11) is 0. The molecule has 2 N–H and O–H groups in total. The first-order chi connectivity index (χ1) is 12.1. The summed E-state index contributed by atoms with van der Waals surface area (Å²) in [6.07, 6.45) is 1.97. The van der Waals surface area contributed by atoms with Crippen molar-refractivity contribution in [3.8, 4) is 0 Å². The lowest BCUT2D eigenvalue weighted by molar-refractivity contribution is -0.115. The Bertz CT molecular complexity index is 878. The molecule has 0 aliphatic rings. The number of rotatable bonds is 5. The molecule has 0 aliphatic carbocycles. The number of amides is 1. The van der Waals surface area contributed by atoms with Crippen molar-refractivity contribution in [3.05, 3.63) is 82.5 Å². The van der Waals surface area contributed by atoms with Gasteiger partial charge in [0, 0.05) is 10.2 Å². The van der Waals surface area contributed by atoms with Gasteiger partial charge in [-0.3, -0.25) is 4.79 Å². The van der Waals surface area contributed by atoms with E-state index in [-0.39, 0.29) is 5.91 Å². The standard InChI is InChI=1S/C20H18BrN3O/c1-14-5-2-3-8-18(14)24-19-10-9-17(13-22-19)23-20(25)12-15-6-4-7-16(21)11-15/h2-11,13H,12H2,1H3,(H,22,24)(H,23,25). The van der Waals surface area contributed by atoms with Crippen molar-refractivity contribution in [1.29, 1.82) is 0 Å². The van der Waals surface area contributed by atoms with E-state index in [1.165, 1.54) is 0 Å². The fraction of sp³-hybridized carbons (Fsp3) is 0.100. The van der Waals surface area contributed by atoms with Gasteiger partial charge in [0.15, 0.2) is 0 Å². The minimum Gasteiger partial charge on any atom is -0.340 e. The first-order valence-electron chi connectivity index (χ1n) is 7.93. The lowest BCUT2D eigenvalue weighted by atomic mass is 10.1. The van der Waals surface area contributed by atoms with Gasteiger partial charge in [-0.25, -0.2) is 4.98 Å². The number of carbonyl (C=O) groups excluding carboxylic acids is 1. The molecule has 0 atom stereocenters. The van der Waals surface area contributed by atoms with Crippen LogP contribution in [-0.2, 0) is 11.2 Å². The maximum atomic E-state index is 12.1. The molecule has 5 heteroatoms. The van der Waals surface area contributed by atoms with Crippen LogP contribution in [0.1, 0.15) is 11.1 Å². The maximum Gasteiger partial charge on any atom is 0.228 e. The number of hydrogen-bond donors (Lipinski definition) is 2.